The van der Waals surface area contributed by atoms with Gasteiger partial charge < -0.3 is 4.74 Å². The van der Waals surface area contributed by atoms with Crippen molar-refractivity contribution in [1.29, 1.82) is 0 Å². The molecule has 19 heavy (non-hydrogen) atoms. The molecule has 0 spiro atoms. The Bertz CT molecular complexity index is 455. The lowest BCUT2D eigenvalue weighted by atomic mass is 9.77. The van der Waals surface area contributed by atoms with Crippen LogP contribution in [0.25, 0.3) is 0 Å². The topological polar surface area (TPSA) is 27.1 Å². The van der Waals surface area contributed by atoms with Gasteiger partial charge in [-0.05, 0) is 51.5 Å². The highest BCUT2D eigenvalue weighted by atomic mass is 35.5. The normalized spacial score (nSPS) is 31.0. The van der Waals surface area contributed by atoms with Gasteiger partial charge in [-0.15, -0.1) is 11.6 Å². The van der Waals surface area contributed by atoms with Gasteiger partial charge >= 0.3 is 0 Å². The first-order chi connectivity index (χ1) is 9.18. The predicted octanol–water partition coefficient (Wildman–Crippen LogP) is 3.18. The number of ether oxygens (including phenoxy) is 1. The molecular formula is C15H23ClN2O. The number of hydrogen-bond donors (Lipinski definition) is 0. The fraction of sp³-hybridized carbons (Fsp3) is 0.800. The van der Waals surface area contributed by atoms with Crippen LogP contribution in [0, 0.1) is 18.3 Å². The lowest BCUT2D eigenvalue weighted by molar-refractivity contribution is 0.0395. The molecule has 1 aromatic heterocycles. The number of halogens is 1. The van der Waals surface area contributed by atoms with E-state index in [2.05, 4.69) is 29.7 Å². The molecule has 0 radical (unpaired) electrons. The van der Waals surface area contributed by atoms with Crippen molar-refractivity contribution in [3.05, 3.63) is 17.5 Å². The zero-order chi connectivity index (χ0) is 13.5. The SMILES string of the molecule is CCn1nc(C)cc1CC1(CCl)CCOC1C1CC1. The first-order valence-corrected chi connectivity index (χ1v) is 7.93. The van der Waals surface area contributed by atoms with Gasteiger partial charge in [0.1, 0.15) is 0 Å². The van der Waals surface area contributed by atoms with Crippen LogP contribution < -0.4 is 0 Å². The van der Waals surface area contributed by atoms with Gasteiger partial charge in [0.15, 0.2) is 0 Å². The zero-order valence-electron chi connectivity index (χ0n) is 11.9. The van der Waals surface area contributed by atoms with Crippen LogP contribution in [0.3, 0.4) is 0 Å². The van der Waals surface area contributed by atoms with Gasteiger partial charge in [0.05, 0.1) is 11.8 Å². The number of rotatable bonds is 5. The highest BCUT2D eigenvalue weighted by Gasteiger charge is 2.50. The van der Waals surface area contributed by atoms with Gasteiger partial charge in [-0.1, -0.05) is 0 Å². The van der Waals surface area contributed by atoms with Gasteiger partial charge in [0.2, 0.25) is 0 Å². The van der Waals surface area contributed by atoms with E-state index in [0.29, 0.717) is 12.0 Å². The van der Waals surface area contributed by atoms with Gasteiger partial charge in [-0.25, -0.2) is 0 Å². The first-order valence-electron chi connectivity index (χ1n) is 7.39. The minimum atomic E-state index is 0.127. The minimum absolute atomic E-state index is 0.127. The summed E-state index contributed by atoms with van der Waals surface area (Å²) in [5, 5.41) is 4.55. The van der Waals surface area contributed by atoms with Gasteiger partial charge in [0, 0.05) is 30.1 Å². The van der Waals surface area contributed by atoms with Crippen molar-refractivity contribution in [3.63, 3.8) is 0 Å². The van der Waals surface area contributed by atoms with Crippen molar-refractivity contribution in [3.8, 4) is 0 Å². The number of hydrogen-bond acceptors (Lipinski definition) is 2. The van der Waals surface area contributed by atoms with Gasteiger partial charge in [0.25, 0.3) is 0 Å². The quantitative estimate of drug-likeness (QED) is 0.776. The van der Waals surface area contributed by atoms with Crippen LogP contribution in [0.15, 0.2) is 6.07 Å². The summed E-state index contributed by atoms with van der Waals surface area (Å²) in [7, 11) is 0. The van der Waals surface area contributed by atoms with E-state index in [-0.39, 0.29) is 5.41 Å². The standard InChI is InChI=1S/C15H23ClN2O/c1-3-18-13(8-11(2)17-18)9-15(10-16)6-7-19-14(15)12-4-5-12/h8,12,14H,3-7,9-10H2,1-2H3. The molecule has 0 aromatic carbocycles. The number of aryl methyl sites for hydroxylation is 2. The van der Waals surface area contributed by atoms with Crippen LogP contribution in [-0.2, 0) is 17.7 Å². The first kappa shape index (κ1) is 13.4. The Morgan fingerprint density at radius 1 is 1.53 bits per heavy atom. The molecule has 0 N–H and O–H groups in total. The Hall–Kier alpha value is -0.540. The molecule has 0 amide bonds. The molecule has 1 saturated carbocycles. The second-order valence-corrected chi connectivity index (χ2v) is 6.41. The van der Waals surface area contributed by atoms with E-state index in [4.69, 9.17) is 16.3 Å². The van der Waals surface area contributed by atoms with Crippen molar-refractivity contribution in [2.45, 2.75) is 52.2 Å². The molecule has 2 unspecified atom stereocenters. The molecule has 1 saturated heterocycles. The Balaban J connectivity index is 1.85. The average molecular weight is 283 g/mol. The van der Waals surface area contributed by atoms with Crippen molar-refractivity contribution in [2.24, 2.45) is 11.3 Å². The zero-order valence-corrected chi connectivity index (χ0v) is 12.6. The van der Waals surface area contributed by atoms with Crippen LogP contribution in [0.4, 0.5) is 0 Å². The lowest BCUT2D eigenvalue weighted by Gasteiger charge is -2.32. The van der Waals surface area contributed by atoms with Crippen molar-refractivity contribution in [1.82, 2.24) is 9.78 Å². The summed E-state index contributed by atoms with van der Waals surface area (Å²) < 4.78 is 8.14. The minimum Gasteiger partial charge on any atom is -0.377 e. The van der Waals surface area contributed by atoms with Gasteiger partial charge in [-0.2, -0.15) is 5.10 Å². The lowest BCUT2D eigenvalue weighted by Crippen LogP contribution is -2.37. The Morgan fingerprint density at radius 3 is 2.95 bits per heavy atom. The second-order valence-electron chi connectivity index (χ2n) is 6.14. The predicted molar refractivity (Wildman–Crippen MR) is 76.6 cm³/mol. The molecule has 2 heterocycles. The molecule has 1 aromatic rings. The van der Waals surface area contributed by atoms with Crippen LogP contribution >= 0.6 is 11.6 Å². The van der Waals surface area contributed by atoms with E-state index in [9.17, 15) is 0 Å². The third-order valence-corrected chi connectivity index (χ3v) is 5.17. The molecule has 3 rings (SSSR count). The Kier molecular flexibility index (Phi) is 3.61. The Morgan fingerprint density at radius 2 is 2.32 bits per heavy atom. The molecule has 2 aliphatic rings. The van der Waals surface area contributed by atoms with E-state index in [1.54, 1.807) is 0 Å². The largest absolute Gasteiger partial charge is 0.377 e. The smallest absolute Gasteiger partial charge is 0.0675 e. The van der Waals surface area contributed by atoms with Crippen LogP contribution in [0.5, 0.6) is 0 Å². The van der Waals surface area contributed by atoms with Crippen molar-refractivity contribution in [2.75, 3.05) is 12.5 Å². The Labute approximate surface area is 120 Å². The maximum absolute atomic E-state index is 6.37. The highest BCUT2D eigenvalue weighted by molar-refractivity contribution is 6.18. The summed E-state index contributed by atoms with van der Waals surface area (Å²) in [4.78, 5) is 0. The maximum atomic E-state index is 6.37. The number of nitrogens with zero attached hydrogens (tertiary/aromatic N) is 2. The van der Waals surface area contributed by atoms with E-state index in [0.717, 1.165) is 37.6 Å². The fourth-order valence-electron chi connectivity index (χ4n) is 3.50. The third kappa shape index (κ3) is 2.43. The molecule has 2 fully saturated rings. The fourth-order valence-corrected chi connectivity index (χ4v) is 3.88. The molecule has 1 aliphatic heterocycles. The average Bonchev–Trinajstić information content (AvgIpc) is 3.07. The molecule has 4 heteroatoms. The van der Waals surface area contributed by atoms with Crippen LogP contribution in [0.1, 0.15) is 37.6 Å². The van der Waals surface area contributed by atoms with Gasteiger partial charge in [-0.3, -0.25) is 4.68 Å². The summed E-state index contributed by atoms with van der Waals surface area (Å²) in [5.74, 6) is 1.45. The third-order valence-electron chi connectivity index (χ3n) is 4.64. The van der Waals surface area contributed by atoms with Crippen LogP contribution in [-0.4, -0.2) is 28.4 Å². The van der Waals surface area contributed by atoms with E-state index < -0.39 is 0 Å². The van der Waals surface area contributed by atoms with Crippen molar-refractivity contribution >= 4 is 11.6 Å². The van der Waals surface area contributed by atoms with Crippen molar-refractivity contribution < 1.29 is 4.74 Å². The van der Waals surface area contributed by atoms with Crippen LogP contribution in [0.2, 0.25) is 0 Å². The molecule has 106 valence electrons. The molecule has 2 atom stereocenters. The molecule has 0 bridgehead atoms. The van der Waals surface area contributed by atoms with E-state index >= 15 is 0 Å². The summed E-state index contributed by atoms with van der Waals surface area (Å²) in [6, 6.07) is 2.21. The molecular weight excluding hydrogens is 260 g/mol. The number of aromatic nitrogens is 2. The van der Waals surface area contributed by atoms with E-state index in [1.165, 1.54) is 18.5 Å². The summed E-state index contributed by atoms with van der Waals surface area (Å²) in [6.07, 6.45) is 5.09. The number of alkyl halides is 1. The summed E-state index contributed by atoms with van der Waals surface area (Å²) >= 11 is 6.37. The maximum Gasteiger partial charge on any atom is 0.0675 e. The molecule has 1 aliphatic carbocycles. The molecule has 3 nitrogen and oxygen atoms in total. The summed E-state index contributed by atoms with van der Waals surface area (Å²) in [5.41, 5.74) is 2.54. The monoisotopic (exact) mass is 282 g/mol. The second kappa shape index (κ2) is 5.10. The van der Waals surface area contributed by atoms with E-state index in [1.807, 2.05) is 0 Å². The highest BCUT2D eigenvalue weighted by Crippen LogP contribution is 2.50. The summed E-state index contributed by atoms with van der Waals surface area (Å²) in [6.45, 7) is 6.00.